The first kappa shape index (κ1) is 16.2. The zero-order valence-corrected chi connectivity index (χ0v) is 13.4. The Morgan fingerprint density at radius 1 is 1.30 bits per heavy atom. The third-order valence-electron chi connectivity index (χ3n) is 4.50. The summed E-state index contributed by atoms with van der Waals surface area (Å²) in [5.74, 6) is 0.613. The molecule has 1 aliphatic rings. The van der Waals surface area contributed by atoms with Crippen LogP contribution in [0.25, 0.3) is 5.78 Å². The summed E-state index contributed by atoms with van der Waals surface area (Å²) in [5.41, 5.74) is 2.79. The Morgan fingerprint density at radius 3 is 2.65 bits per heavy atom. The van der Waals surface area contributed by atoms with E-state index in [1.165, 1.54) is 0 Å². The maximum absolute atomic E-state index is 12.6. The number of halogens is 3. The minimum absolute atomic E-state index is 0.0414. The Morgan fingerprint density at radius 2 is 2.04 bits per heavy atom. The normalized spacial score (nSPS) is 16.3. The van der Waals surface area contributed by atoms with Gasteiger partial charge < -0.3 is 0 Å². The zero-order valence-electron chi connectivity index (χ0n) is 13.4. The van der Waals surface area contributed by atoms with Gasteiger partial charge in [-0.15, -0.1) is 0 Å². The van der Waals surface area contributed by atoms with E-state index in [0.717, 1.165) is 36.3 Å². The van der Waals surface area contributed by atoms with Crippen molar-refractivity contribution in [2.45, 2.75) is 58.3 Å². The van der Waals surface area contributed by atoms with E-state index in [2.05, 4.69) is 9.97 Å². The average Bonchev–Trinajstić information content (AvgIpc) is 2.76. The van der Waals surface area contributed by atoms with E-state index in [9.17, 15) is 13.2 Å². The molecule has 1 fully saturated rings. The molecule has 0 amide bonds. The van der Waals surface area contributed by atoms with Crippen LogP contribution in [0.1, 0.15) is 42.8 Å². The molecule has 0 spiro atoms. The van der Waals surface area contributed by atoms with Crippen LogP contribution in [0, 0.1) is 13.8 Å². The standard InChI is InChI=1S/C16H21F3N4/c1-11-8-12(2)23-14(9-20-15(23)21-11)10-22(13-4-3-5-13)7-6-16(17,18)19/h8-9,13H,3-7,10H2,1-2H3. The van der Waals surface area contributed by atoms with Crippen molar-refractivity contribution in [1.82, 2.24) is 19.3 Å². The van der Waals surface area contributed by atoms with Crippen molar-refractivity contribution in [3.05, 3.63) is 29.3 Å². The molecule has 3 rings (SSSR count). The Bertz CT molecular complexity index is 688. The number of alkyl halides is 3. The number of hydrogen-bond donors (Lipinski definition) is 0. The highest BCUT2D eigenvalue weighted by Crippen LogP contribution is 2.29. The molecule has 0 N–H and O–H groups in total. The largest absolute Gasteiger partial charge is 0.390 e. The Kier molecular flexibility index (Phi) is 4.31. The van der Waals surface area contributed by atoms with Crippen molar-refractivity contribution >= 4 is 5.78 Å². The molecule has 0 aromatic carbocycles. The molecule has 0 aliphatic heterocycles. The molecule has 4 nitrogen and oxygen atoms in total. The van der Waals surface area contributed by atoms with Gasteiger partial charge >= 0.3 is 6.18 Å². The van der Waals surface area contributed by atoms with Crippen LogP contribution in [0.15, 0.2) is 12.3 Å². The van der Waals surface area contributed by atoms with E-state index in [-0.39, 0.29) is 12.6 Å². The van der Waals surface area contributed by atoms with Crippen LogP contribution in [0.2, 0.25) is 0 Å². The topological polar surface area (TPSA) is 33.4 Å². The summed E-state index contributed by atoms with van der Waals surface area (Å²) in [6.45, 7) is 4.40. The second-order valence-electron chi connectivity index (χ2n) is 6.34. The van der Waals surface area contributed by atoms with Crippen molar-refractivity contribution in [3.8, 4) is 0 Å². The van der Waals surface area contributed by atoms with Crippen molar-refractivity contribution in [1.29, 1.82) is 0 Å². The van der Waals surface area contributed by atoms with Gasteiger partial charge in [0.1, 0.15) is 0 Å². The predicted octanol–water partition coefficient (Wildman–Crippen LogP) is 3.65. The van der Waals surface area contributed by atoms with Gasteiger partial charge in [0.25, 0.3) is 0 Å². The monoisotopic (exact) mass is 326 g/mol. The number of aromatic nitrogens is 3. The Balaban J connectivity index is 1.82. The van der Waals surface area contributed by atoms with E-state index in [4.69, 9.17) is 0 Å². The van der Waals surface area contributed by atoms with Gasteiger partial charge in [-0.25, -0.2) is 9.97 Å². The number of imidazole rings is 1. The van der Waals surface area contributed by atoms with Crippen molar-refractivity contribution in [2.75, 3.05) is 6.54 Å². The summed E-state index contributed by atoms with van der Waals surface area (Å²) in [6.07, 6.45) is -0.101. The molecule has 0 saturated heterocycles. The molecule has 0 radical (unpaired) electrons. The molecular weight excluding hydrogens is 305 g/mol. The van der Waals surface area contributed by atoms with Gasteiger partial charge in [0.15, 0.2) is 0 Å². The molecule has 2 heterocycles. The lowest BCUT2D eigenvalue weighted by Gasteiger charge is -2.37. The molecule has 126 valence electrons. The van der Waals surface area contributed by atoms with Crippen LogP contribution in [0.5, 0.6) is 0 Å². The van der Waals surface area contributed by atoms with E-state index >= 15 is 0 Å². The highest BCUT2D eigenvalue weighted by molar-refractivity contribution is 5.35. The fourth-order valence-electron chi connectivity index (χ4n) is 3.13. The van der Waals surface area contributed by atoms with Crippen molar-refractivity contribution < 1.29 is 13.2 Å². The van der Waals surface area contributed by atoms with Gasteiger partial charge in [-0.1, -0.05) is 6.42 Å². The summed E-state index contributed by atoms with van der Waals surface area (Å²) in [4.78, 5) is 10.6. The van der Waals surface area contributed by atoms with E-state index in [1.54, 1.807) is 6.20 Å². The SMILES string of the molecule is Cc1cc(C)n2c(CN(CCC(F)(F)F)C3CCC3)cnc2n1. The second kappa shape index (κ2) is 6.11. The van der Waals surface area contributed by atoms with Crippen LogP contribution in [-0.4, -0.2) is 38.0 Å². The Labute approximate surface area is 133 Å². The summed E-state index contributed by atoms with van der Waals surface area (Å²) >= 11 is 0. The van der Waals surface area contributed by atoms with Gasteiger partial charge in [-0.3, -0.25) is 9.30 Å². The number of rotatable bonds is 5. The van der Waals surface area contributed by atoms with Gasteiger partial charge in [-0.2, -0.15) is 13.2 Å². The van der Waals surface area contributed by atoms with E-state index in [1.807, 2.05) is 29.2 Å². The molecule has 7 heteroatoms. The molecule has 0 atom stereocenters. The second-order valence-corrected chi connectivity index (χ2v) is 6.34. The lowest BCUT2D eigenvalue weighted by atomic mass is 9.91. The number of aryl methyl sites for hydroxylation is 2. The van der Waals surface area contributed by atoms with Gasteiger partial charge in [0, 0.05) is 30.5 Å². The van der Waals surface area contributed by atoms with Crippen molar-refractivity contribution in [3.63, 3.8) is 0 Å². The molecule has 0 bridgehead atoms. The van der Waals surface area contributed by atoms with Gasteiger partial charge in [-0.05, 0) is 32.8 Å². The fourth-order valence-corrected chi connectivity index (χ4v) is 3.13. The van der Waals surface area contributed by atoms with E-state index < -0.39 is 12.6 Å². The highest BCUT2D eigenvalue weighted by atomic mass is 19.4. The van der Waals surface area contributed by atoms with E-state index in [0.29, 0.717) is 12.3 Å². The smallest absolute Gasteiger partial charge is 0.294 e. The first-order chi connectivity index (χ1) is 10.8. The van der Waals surface area contributed by atoms with Crippen LogP contribution < -0.4 is 0 Å². The summed E-state index contributed by atoms with van der Waals surface area (Å²) in [6, 6.07) is 2.21. The lowest BCUT2D eigenvalue weighted by Crippen LogP contribution is -2.41. The van der Waals surface area contributed by atoms with Crippen molar-refractivity contribution in [2.24, 2.45) is 0 Å². The first-order valence-electron chi connectivity index (χ1n) is 7.95. The number of nitrogens with zero attached hydrogens (tertiary/aromatic N) is 4. The molecule has 2 aromatic rings. The highest BCUT2D eigenvalue weighted by Gasteiger charge is 2.32. The molecule has 2 aromatic heterocycles. The maximum Gasteiger partial charge on any atom is 0.390 e. The summed E-state index contributed by atoms with van der Waals surface area (Å²) < 4.78 is 39.7. The molecule has 0 unspecified atom stereocenters. The van der Waals surface area contributed by atoms with Crippen LogP contribution in [0.3, 0.4) is 0 Å². The predicted molar refractivity (Wildman–Crippen MR) is 81.2 cm³/mol. The number of hydrogen-bond acceptors (Lipinski definition) is 3. The lowest BCUT2D eigenvalue weighted by molar-refractivity contribution is -0.140. The maximum atomic E-state index is 12.6. The van der Waals surface area contributed by atoms with Crippen LogP contribution in [0.4, 0.5) is 13.2 Å². The quantitative estimate of drug-likeness (QED) is 0.841. The summed E-state index contributed by atoms with van der Waals surface area (Å²) in [7, 11) is 0. The fraction of sp³-hybridized carbons (Fsp3) is 0.625. The average molecular weight is 326 g/mol. The molecule has 1 aliphatic carbocycles. The number of fused-ring (bicyclic) bond motifs is 1. The molecular formula is C16H21F3N4. The minimum atomic E-state index is -4.12. The minimum Gasteiger partial charge on any atom is -0.294 e. The first-order valence-corrected chi connectivity index (χ1v) is 7.95. The van der Waals surface area contributed by atoms with Gasteiger partial charge in [0.2, 0.25) is 5.78 Å². The van der Waals surface area contributed by atoms with Crippen LogP contribution >= 0.6 is 0 Å². The third kappa shape index (κ3) is 3.65. The summed E-state index contributed by atoms with van der Waals surface area (Å²) in [5, 5.41) is 0. The Hall–Kier alpha value is -1.63. The zero-order chi connectivity index (χ0) is 16.6. The third-order valence-corrected chi connectivity index (χ3v) is 4.50. The molecule has 23 heavy (non-hydrogen) atoms. The molecule has 1 saturated carbocycles. The van der Waals surface area contributed by atoms with Gasteiger partial charge in [0.05, 0.1) is 18.3 Å². The van der Waals surface area contributed by atoms with Crippen LogP contribution in [-0.2, 0) is 6.54 Å².